The van der Waals surface area contributed by atoms with Crippen molar-refractivity contribution < 1.29 is 5.11 Å². The molecule has 0 atom stereocenters. The fourth-order valence-electron chi connectivity index (χ4n) is 1.66. The van der Waals surface area contributed by atoms with Gasteiger partial charge in [0, 0.05) is 18.8 Å². The van der Waals surface area contributed by atoms with Crippen LogP contribution in [0.2, 0.25) is 0 Å². The van der Waals surface area contributed by atoms with Crippen molar-refractivity contribution in [3.8, 4) is 5.75 Å². The molecule has 1 aromatic rings. The second kappa shape index (κ2) is 4.05. The van der Waals surface area contributed by atoms with Crippen molar-refractivity contribution in [1.82, 2.24) is 0 Å². The van der Waals surface area contributed by atoms with Gasteiger partial charge in [-0.15, -0.1) is 0 Å². The summed E-state index contributed by atoms with van der Waals surface area (Å²) in [5, 5.41) is 9.88. The molecule has 1 aromatic carbocycles. The number of benzene rings is 1. The van der Waals surface area contributed by atoms with Crippen LogP contribution in [-0.2, 0) is 5.41 Å². The molecule has 1 N–H and O–H groups in total. The van der Waals surface area contributed by atoms with Gasteiger partial charge in [-0.05, 0) is 29.5 Å². The summed E-state index contributed by atoms with van der Waals surface area (Å²) in [6, 6.07) is 3.88. The standard InChI is InChI=1S/C13H19NO/c1-9-6-11(13(2,3)4)10(8-14-5)12(15)7-9/h6-8,15H,1-5H3. The number of nitrogens with zero attached hydrogens (tertiary/aromatic N) is 1. The van der Waals surface area contributed by atoms with Gasteiger partial charge in [0.2, 0.25) is 0 Å². The van der Waals surface area contributed by atoms with Gasteiger partial charge >= 0.3 is 0 Å². The van der Waals surface area contributed by atoms with Crippen molar-refractivity contribution in [2.45, 2.75) is 33.1 Å². The molecule has 2 heteroatoms. The van der Waals surface area contributed by atoms with Crippen LogP contribution in [0.4, 0.5) is 0 Å². The number of aryl methyl sites for hydroxylation is 1. The quantitative estimate of drug-likeness (QED) is 0.702. The number of phenols is 1. The number of aromatic hydroxyl groups is 1. The number of hydrogen-bond acceptors (Lipinski definition) is 2. The molecule has 1 rings (SSSR count). The summed E-state index contributed by atoms with van der Waals surface area (Å²) in [4.78, 5) is 3.99. The van der Waals surface area contributed by atoms with E-state index in [1.807, 2.05) is 6.92 Å². The average Bonchev–Trinajstić information content (AvgIpc) is 2.07. The molecule has 0 heterocycles. The predicted molar refractivity (Wildman–Crippen MR) is 65.1 cm³/mol. The Balaban J connectivity index is 3.47. The molecule has 0 bridgehead atoms. The van der Waals surface area contributed by atoms with Gasteiger partial charge in [-0.3, -0.25) is 4.99 Å². The first-order chi connectivity index (χ1) is 6.86. The minimum Gasteiger partial charge on any atom is -0.507 e. The topological polar surface area (TPSA) is 32.6 Å². The molecule has 0 unspecified atom stereocenters. The molecule has 0 spiro atoms. The summed E-state index contributed by atoms with van der Waals surface area (Å²) < 4.78 is 0. The lowest BCUT2D eigenvalue weighted by Crippen LogP contribution is -2.14. The minimum absolute atomic E-state index is 0.0139. The Morgan fingerprint density at radius 2 is 1.87 bits per heavy atom. The van der Waals surface area contributed by atoms with E-state index >= 15 is 0 Å². The lowest BCUT2D eigenvalue weighted by atomic mass is 9.83. The van der Waals surface area contributed by atoms with E-state index in [1.165, 1.54) is 0 Å². The predicted octanol–water partition coefficient (Wildman–Crippen LogP) is 3.05. The van der Waals surface area contributed by atoms with Crippen LogP contribution in [0.3, 0.4) is 0 Å². The number of rotatable bonds is 1. The molecular weight excluding hydrogens is 186 g/mol. The molecule has 0 saturated heterocycles. The number of phenolic OH excluding ortho intramolecular Hbond substituents is 1. The zero-order valence-electron chi connectivity index (χ0n) is 10.1. The second-order valence-corrected chi connectivity index (χ2v) is 4.88. The van der Waals surface area contributed by atoms with Gasteiger partial charge in [0.15, 0.2) is 0 Å². The summed E-state index contributed by atoms with van der Waals surface area (Å²) >= 11 is 0. The SMILES string of the molecule is CN=Cc1c(O)cc(C)cc1C(C)(C)C. The van der Waals surface area contributed by atoms with Crippen molar-refractivity contribution in [2.75, 3.05) is 7.05 Å². The van der Waals surface area contributed by atoms with Crippen molar-refractivity contribution in [1.29, 1.82) is 0 Å². The Labute approximate surface area is 91.7 Å². The highest BCUT2D eigenvalue weighted by atomic mass is 16.3. The zero-order chi connectivity index (χ0) is 11.6. The van der Waals surface area contributed by atoms with E-state index in [9.17, 15) is 5.11 Å². The van der Waals surface area contributed by atoms with Gasteiger partial charge in [-0.25, -0.2) is 0 Å². The highest BCUT2D eigenvalue weighted by Crippen LogP contribution is 2.31. The highest BCUT2D eigenvalue weighted by molar-refractivity contribution is 5.86. The summed E-state index contributed by atoms with van der Waals surface area (Å²) in [5.41, 5.74) is 3.05. The third kappa shape index (κ3) is 2.58. The highest BCUT2D eigenvalue weighted by Gasteiger charge is 2.19. The van der Waals surface area contributed by atoms with Gasteiger partial charge in [-0.2, -0.15) is 0 Å². The first kappa shape index (κ1) is 11.8. The Kier molecular flexibility index (Phi) is 3.18. The summed E-state index contributed by atoms with van der Waals surface area (Å²) in [7, 11) is 1.71. The van der Waals surface area contributed by atoms with Crippen LogP contribution in [0.25, 0.3) is 0 Å². The Bertz CT molecular complexity index is 386. The first-order valence-corrected chi connectivity index (χ1v) is 5.12. The lowest BCUT2D eigenvalue weighted by Gasteiger charge is -2.22. The molecule has 0 amide bonds. The van der Waals surface area contributed by atoms with Crippen LogP contribution >= 0.6 is 0 Å². The first-order valence-electron chi connectivity index (χ1n) is 5.12. The van der Waals surface area contributed by atoms with Crippen molar-refractivity contribution in [3.63, 3.8) is 0 Å². The van der Waals surface area contributed by atoms with Crippen LogP contribution in [0, 0.1) is 6.92 Å². The molecular formula is C13H19NO. The van der Waals surface area contributed by atoms with Gasteiger partial charge in [0.25, 0.3) is 0 Å². The number of hydrogen-bond donors (Lipinski definition) is 1. The van der Waals surface area contributed by atoms with Crippen LogP contribution in [0.1, 0.15) is 37.5 Å². The molecule has 0 radical (unpaired) electrons. The van der Waals surface area contributed by atoms with Crippen molar-refractivity contribution in [3.05, 3.63) is 28.8 Å². The average molecular weight is 205 g/mol. The fraction of sp³-hybridized carbons (Fsp3) is 0.462. The molecule has 0 aliphatic heterocycles. The van der Waals surface area contributed by atoms with Crippen LogP contribution in [-0.4, -0.2) is 18.4 Å². The summed E-state index contributed by atoms with van der Waals surface area (Å²) in [6.45, 7) is 8.39. The van der Waals surface area contributed by atoms with E-state index in [1.54, 1.807) is 19.3 Å². The molecule has 0 fully saturated rings. The maximum absolute atomic E-state index is 9.88. The molecule has 0 aliphatic rings. The Hall–Kier alpha value is -1.31. The Morgan fingerprint density at radius 1 is 1.27 bits per heavy atom. The largest absolute Gasteiger partial charge is 0.507 e. The normalized spacial score (nSPS) is 12.3. The van der Waals surface area contributed by atoms with Crippen molar-refractivity contribution in [2.24, 2.45) is 4.99 Å². The molecule has 0 aliphatic carbocycles. The van der Waals surface area contributed by atoms with Gasteiger partial charge in [0.1, 0.15) is 5.75 Å². The van der Waals surface area contributed by atoms with E-state index in [2.05, 4.69) is 31.8 Å². The smallest absolute Gasteiger partial charge is 0.124 e. The van der Waals surface area contributed by atoms with E-state index in [-0.39, 0.29) is 5.41 Å². The minimum atomic E-state index is 0.0139. The Morgan fingerprint density at radius 3 is 2.33 bits per heavy atom. The lowest BCUT2D eigenvalue weighted by molar-refractivity contribution is 0.469. The van der Waals surface area contributed by atoms with Crippen LogP contribution < -0.4 is 0 Å². The van der Waals surface area contributed by atoms with E-state index < -0.39 is 0 Å². The van der Waals surface area contributed by atoms with Gasteiger partial charge < -0.3 is 5.11 Å². The molecule has 0 aromatic heterocycles. The van der Waals surface area contributed by atoms with Gasteiger partial charge in [-0.1, -0.05) is 26.8 Å². The zero-order valence-corrected chi connectivity index (χ0v) is 10.1. The maximum atomic E-state index is 9.88. The summed E-state index contributed by atoms with van der Waals surface area (Å²) in [5.74, 6) is 0.311. The molecule has 0 saturated carbocycles. The fourth-order valence-corrected chi connectivity index (χ4v) is 1.66. The summed E-state index contributed by atoms with van der Waals surface area (Å²) in [6.07, 6.45) is 1.72. The van der Waals surface area contributed by atoms with E-state index in [4.69, 9.17) is 0 Å². The van der Waals surface area contributed by atoms with Crippen molar-refractivity contribution >= 4 is 6.21 Å². The molecule has 82 valence electrons. The maximum Gasteiger partial charge on any atom is 0.124 e. The van der Waals surface area contributed by atoms with E-state index in [0.717, 1.165) is 16.7 Å². The van der Waals surface area contributed by atoms with Crippen LogP contribution in [0.5, 0.6) is 5.75 Å². The second-order valence-electron chi connectivity index (χ2n) is 4.88. The number of aliphatic imine (C=N–C) groups is 1. The van der Waals surface area contributed by atoms with Gasteiger partial charge in [0.05, 0.1) is 0 Å². The molecule has 2 nitrogen and oxygen atoms in total. The third-order valence-electron chi connectivity index (χ3n) is 2.37. The molecule has 15 heavy (non-hydrogen) atoms. The van der Waals surface area contributed by atoms with E-state index in [0.29, 0.717) is 5.75 Å². The van der Waals surface area contributed by atoms with Crippen LogP contribution in [0.15, 0.2) is 17.1 Å². The third-order valence-corrected chi connectivity index (χ3v) is 2.37. The monoisotopic (exact) mass is 205 g/mol.